The molecule has 0 saturated carbocycles. The van der Waals surface area contributed by atoms with Gasteiger partial charge in [0.1, 0.15) is 5.82 Å². The molecule has 0 fully saturated rings. The summed E-state index contributed by atoms with van der Waals surface area (Å²) in [5.41, 5.74) is 0.673. The molecule has 0 spiro atoms. The van der Waals surface area contributed by atoms with Crippen LogP contribution in [0.3, 0.4) is 0 Å². The number of hydrogen-bond acceptors (Lipinski definition) is 4. The van der Waals surface area contributed by atoms with Gasteiger partial charge in [-0.05, 0) is 52.3 Å². The maximum atomic E-state index is 12.5. The average Bonchev–Trinajstić information content (AvgIpc) is 2.55. The summed E-state index contributed by atoms with van der Waals surface area (Å²) < 4.78 is 23.7. The number of hydrogen-bond donors (Lipinski definition) is 2. The standard InChI is InChI=1S/C16H11BrClN3O3S/c17-12-3-1-2-9-4-7-14(20-15(9)12)21-16(22)11-8-10(25(19,23)24)5-6-13(11)18/h1-8H,(H2,19,23,24)(H,20,21,22). The molecule has 0 saturated heterocycles. The van der Waals surface area contributed by atoms with Crippen molar-refractivity contribution < 1.29 is 13.2 Å². The Kier molecular flexibility index (Phi) is 4.79. The number of halogens is 2. The fourth-order valence-corrected chi connectivity index (χ4v) is 3.43. The number of nitrogens with zero attached hydrogens (tertiary/aromatic N) is 1. The number of amides is 1. The summed E-state index contributed by atoms with van der Waals surface area (Å²) in [6, 6.07) is 12.7. The third kappa shape index (κ3) is 3.82. The predicted octanol–water partition coefficient (Wildman–Crippen LogP) is 3.55. The molecule has 1 aromatic heterocycles. The largest absolute Gasteiger partial charge is 0.306 e. The number of para-hydroxylation sites is 1. The number of carbonyl (C=O) groups is 1. The Labute approximate surface area is 157 Å². The summed E-state index contributed by atoms with van der Waals surface area (Å²) in [5, 5.41) is 8.70. The number of benzene rings is 2. The minimum atomic E-state index is -3.94. The Balaban J connectivity index is 1.96. The van der Waals surface area contributed by atoms with Crippen LogP contribution in [0.1, 0.15) is 10.4 Å². The van der Waals surface area contributed by atoms with Crippen molar-refractivity contribution in [2.75, 3.05) is 5.32 Å². The van der Waals surface area contributed by atoms with E-state index in [0.717, 1.165) is 15.9 Å². The quantitative estimate of drug-likeness (QED) is 0.650. The summed E-state index contributed by atoms with van der Waals surface area (Å²) >= 11 is 9.41. The third-order valence-electron chi connectivity index (χ3n) is 3.42. The molecule has 3 N–H and O–H groups in total. The third-order valence-corrected chi connectivity index (χ3v) is 5.30. The minimum Gasteiger partial charge on any atom is -0.306 e. The van der Waals surface area contributed by atoms with Crippen molar-refractivity contribution in [1.82, 2.24) is 4.98 Å². The van der Waals surface area contributed by atoms with E-state index in [0.29, 0.717) is 11.3 Å². The minimum absolute atomic E-state index is 0.0118. The summed E-state index contributed by atoms with van der Waals surface area (Å²) in [6.45, 7) is 0. The summed E-state index contributed by atoms with van der Waals surface area (Å²) in [5.74, 6) is -0.282. The Morgan fingerprint density at radius 2 is 1.92 bits per heavy atom. The highest BCUT2D eigenvalue weighted by molar-refractivity contribution is 9.10. The number of rotatable bonds is 3. The monoisotopic (exact) mass is 439 g/mol. The van der Waals surface area contributed by atoms with Crippen LogP contribution in [-0.2, 0) is 10.0 Å². The number of anilines is 1. The van der Waals surface area contributed by atoms with Gasteiger partial charge in [-0.2, -0.15) is 0 Å². The molecule has 128 valence electrons. The number of fused-ring (bicyclic) bond motifs is 1. The van der Waals surface area contributed by atoms with Crippen molar-refractivity contribution in [2.24, 2.45) is 5.14 Å². The molecule has 9 heteroatoms. The van der Waals surface area contributed by atoms with Gasteiger partial charge in [-0.15, -0.1) is 0 Å². The molecule has 0 radical (unpaired) electrons. The fourth-order valence-electron chi connectivity index (χ4n) is 2.22. The smallest absolute Gasteiger partial charge is 0.258 e. The number of pyridine rings is 1. The zero-order valence-corrected chi connectivity index (χ0v) is 15.7. The summed E-state index contributed by atoms with van der Waals surface area (Å²) in [7, 11) is -3.94. The first kappa shape index (κ1) is 17.8. The van der Waals surface area contributed by atoms with Gasteiger partial charge in [0.15, 0.2) is 0 Å². The zero-order valence-electron chi connectivity index (χ0n) is 12.5. The molecule has 3 rings (SSSR count). The average molecular weight is 441 g/mol. The molecule has 1 amide bonds. The number of nitrogens with one attached hydrogen (secondary N) is 1. The molecular weight excluding hydrogens is 430 g/mol. The van der Waals surface area contributed by atoms with Crippen LogP contribution >= 0.6 is 27.5 Å². The highest BCUT2D eigenvalue weighted by atomic mass is 79.9. The zero-order chi connectivity index (χ0) is 18.2. The van der Waals surface area contributed by atoms with E-state index in [-0.39, 0.29) is 15.5 Å². The molecule has 6 nitrogen and oxygen atoms in total. The molecule has 0 atom stereocenters. The SMILES string of the molecule is NS(=O)(=O)c1ccc(Cl)c(C(=O)Nc2ccc3cccc(Br)c3n2)c1. The van der Waals surface area contributed by atoms with Gasteiger partial charge in [0, 0.05) is 9.86 Å². The van der Waals surface area contributed by atoms with Crippen molar-refractivity contribution in [3.05, 3.63) is 63.6 Å². The first-order valence-corrected chi connectivity index (χ1v) is 9.66. The Hall–Kier alpha value is -2.00. The number of nitrogens with two attached hydrogens (primary N) is 1. The molecule has 0 aliphatic rings. The van der Waals surface area contributed by atoms with Crippen molar-refractivity contribution >= 4 is 60.2 Å². The van der Waals surface area contributed by atoms with Crippen LogP contribution in [-0.4, -0.2) is 19.3 Å². The van der Waals surface area contributed by atoms with E-state index in [9.17, 15) is 13.2 Å². The van der Waals surface area contributed by atoms with Crippen LogP contribution < -0.4 is 10.5 Å². The maximum Gasteiger partial charge on any atom is 0.258 e. The van der Waals surface area contributed by atoms with Crippen LogP contribution in [0.4, 0.5) is 5.82 Å². The van der Waals surface area contributed by atoms with Gasteiger partial charge in [0.25, 0.3) is 5.91 Å². The highest BCUT2D eigenvalue weighted by Gasteiger charge is 2.16. The first-order chi connectivity index (χ1) is 11.8. The topological polar surface area (TPSA) is 102 Å². The Morgan fingerprint density at radius 1 is 1.16 bits per heavy atom. The molecule has 3 aromatic rings. The lowest BCUT2D eigenvalue weighted by atomic mass is 10.2. The maximum absolute atomic E-state index is 12.5. The van der Waals surface area contributed by atoms with Gasteiger partial charge in [-0.3, -0.25) is 4.79 Å². The van der Waals surface area contributed by atoms with Crippen LogP contribution in [0, 0.1) is 0 Å². The van der Waals surface area contributed by atoms with Crippen LogP contribution in [0.5, 0.6) is 0 Å². The van der Waals surface area contributed by atoms with E-state index >= 15 is 0 Å². The van der Waals surface area contributed by atoms with Crippen LogP contribution in [0.25, 0.3) is 10.9 Å². The summed E-state index contributed by atoms with van der Waals surface area (Å²) in [6.07, 6.45) is 0. The second-order valence-electron chi connectivity index (χ2n) is 5.15. The van der Waals surface area contributed by atoms with Crippen molar-refractivity contribution in [2.45, 2.75) is 4.90 Å². The van der Waals surface area contributed by atoms with Gasteiger partial charge in [0.2, 0.25) is 10.0 Å². The van der Waals surface area contributed by atoms with Crippen molar-refractivity contribution in [1.29, 1.82) is 0 Å². The van der Waals surface area contributed by atoms with Gasteiger partial charge in [-0.1, -0.05) is 23.7 Å². The van der Waals surface area contributed by atoms with E-state index in [1.165, 1.54) is 12.1 Å². The van der Waals surface area contributed by atoms with E-state index in [4.69, 9.17) is 16.7 Å². The normalized spacial score (nSPS) is 11.5. The lowest BCUT2D eigenvalue weighted by molar-refractivity contribution is 0.102. The second-order valence-corrected chi connectivity index (χ2v) is 7.97. The molecule has 2 aromatic carbocycles. The van der Waals surface area contributed by atoms with Gasteiger partial charge in [-0.25, -0.2) is 18.5 Å². The first-order valence-electron chi connectivity index (χ1n) is 6.95. The van der Waals surface area contributed by atoms with Crippen LogP contribution in [0.2, 0.25) is 5.02 Å². The lowest BCUT2D eigenvalue weighted by Gasteiger charge is -2.09. The second kappa shape index (κ2) is 6.72. The fraction of sp³-hybridized carbons (Fsp3) is 0. The van der Waals surface area contributed by atoms with E-state index < -0.39 is 15.9 Å². The van der Waals surface area contributed by atoms with Crippen LogP contribution in [0.15, 0.2) is 57.9 Å². The van der Waals surface area contributed by atoms with Crippen molar-refractivity contribution in [3.8, 4) is 0 Å². The molecule has 0 aliphatic heterocycles. The highest BCUT2D eigenvalue weighted by Crippen LogP contribution is 2.25. The molecule has 25 heavy (non-hydrogen) atoms. The molecular formula is C16H11BrClN3O3S. The molecule has 0 bridgehead atoms. The predicted molar refractivity (Wildman–Crippen MR) is 100 cm³/mol. The number of aromatic nitrogens is 1. The number of sulfonamides is 1. The number of carbonyl (C=O) groups excluding carboxylic acids is 1. The Bertz CT molecular complexity index is 1100. The lowest BCUT2D eigenvalue weighted by Crippen LogP contribution is -2.16. The number of primary sulfonamides is 1. The molecule has 0 aliphatic carbocycles. The van der Waals surface area contributed by atoms with Gasteiger partial charge in [0.05, 0.1) is 21.0 Å². The van der Waals surface area contributed by atoms with Gasteiger partial charge < -0.3 is 5.32 Å². The summed E-state index contributed by atoms with van der Waals surface area (Å²) in [4.78, 5) is 16.6. The molecule has 1 heterocycles. The van der Waals surface area contributed by atoms with Crippen molar-refractivity contribution in [3.63, 3.8) is 0 Å². The van der Waals surface area contributed by atoms with Gasteiger partial charge >= 0.3 is 0 Å². The van der Waals surface area contributed by atoms with E-state index in [1.54, 1.807) is 6.07 Å². The van der Waals surface area contributed by atoms with E-state index in [1.807, 2.05) is 24.3 Å². The van der Waals surface area contributed by atoms with E-state index in [2.05, 4.69) is 26.2 Å². The Morgan fingerprint density at radius 3 is 2.64 bits per heavy atom. The molecule has 0 unspecified atom stereocenters.